The molecule has 2 aromatic carbocycles. The number of anilines is 1. The minimum atomic E-state index is -0.591. The molecule has 0 fully saturated rings. The summed E-state index contributed by atoms with van der Waals surface area (Å²) in [4.78, 5) is 37.3. The Hall–Kier alpha value is -2.95. The molecule has 1 aliphatic rings. The van der Waals surface area contributed by atoms with Gasteiger partial charge >= 0.3 is 5.97 Å². The van der Waals surface area contributed by atoms with Crippen LogP contribution in [0.25, 0.3) is 0 Å². The first kappa shape index (κ1) is 15.0. The number of carbonyl (C=O) groups is 3. The number of ether oxygens (including phenoxy) is 1. The summed E-state index contributed by atoms with van der Waals surface area (Å²) in [5.41, 5.74) is 7.08. The minimum absolute atomic E-state index is 0.00328. The Labute approximate surface area is 133 Å². The maximum absolute atomic E-state index is 12.7. The molecule has 0 radical (unpaired) electrons. The van der Waals surface area contributed by atoms with Crippen molar-refractivity contribution in [3.63, 3.8) is 0 Å². The molecule has 0 aliphatic heterocycles. The second-order valence-corrected chi connectivity index (χ2v) is 5.29. The van der Waals surface area contributed by atoms with Crippen molar-refractivity contribution in [2.24, 2.45) is 0 Å². The molecule has 5 nitrogen and oxygen atoms in total. The Bertz CT molecular complexity index is 839. The zero-order chi connectivity index (χ0) is 16.6. The SMILES string of the molecule is CCCOC(=O)c1ccc2c(c1N)C(=O)c1ccccc1C2=O. The Morgan fingerprint density at radius 3 is 2.30 bits per heavy atom. The Kier molecular flexibility index (Phi) is 3.70. The average molecular weight is 309 g/mol. The van der Waals surface area contributed by atoms with Gasteiger partial charge in [0.2, 0.25) is 0 Å². The van der Waals surface area contributed by atoms with Crippen molar-refractivity contribution in [3.05, 3.63) is 64.2 Å². The van der Waals surface area contributed by atoms with E-state index >= 15 is 0 Å². The number of hydrogen-bond acceptors (Lipinski definition) is 5. The summed E-state index contributed by atoms with van der Waals surface area (Å²) in [6.45, 7) is 2.15. The van der Waals surface area contributed by atoms with E-state index in [9.17, 15) is 14.4 Å². The number of nitrogens with two attached hydrogens (primary N) is 1. The molecule has 0 heterocycles. The second kappa shape index (κ2) is 5.68. The number of hydrogen-bond donors (Lipinski definition) is 1. The topological polar surface area (TPSA) is 86.5 Å². The fourth-order valence-corrected chi connectivity index (χ4v) is 2.66. The van der Waals surface area contributed by atoms with Crippen molar-refractivity contribution >= 4 is 23.2 Å². The summed E-state index contributed by atoms with van der Waals surface area (Å²) >= 11 is 0. The van der Waals surface area contributed by atoms with Gasteiger partial charge in [-0.25, -0.2) is 4.79 Å². The van der Waals surface area contributed by atoms with Gasteiger partial charge in [0.15, 0.2) is 11.6 Å². The molecule has 0 amide bonds. The molecule has 0 unspecified atom stereocenters. The van der Waals surface area contributed by atoms with E-state index in [-0.39, 0.29) is 40.6 Å². The van der Waals surface area contributed by atoms with E-state index in [0.717, 1.165) is 0 Å². The first-order chi connectivity index (χ1) is 11.1. The molecule has 0 aromatic heterocycles. The number of fused-ring (bicyclic) bond motifs is 2. The van der Waals surface area contributed by atoms with Gasteiger partial charge in [-0.05, 0) is 18.6 Å². The standard InChI is InChI=1S/C18H15NO4/c1-2-9-23-18(22)13-8-7-12-14(15(13)19)17(21)11-6-4-3-5-10(11)16(12)20/h3-8H,2,9,19H2,1H3. The van der Waals surface area contributed by atoms with Gasteiger partial charge in [-0.1, -0.05) is 31.2 Å². The Morgan fingerprint density at radius 1 is 1.00 bits per heavy atom. The molecule has 3 rings (SSSR count). The van der Waals surface area contributed by atoms with E-state index in [0.29, 0.717) is 17.5 Å². The summed E-state index contributed by atoms with van der Waals surface area (Å²) in [5, 5.41) is 0. The van der Waals surface area contributed by atoms with Gasteiger partial charge in [-0.15, -0.1) is 0 Å². The third-order valence-electron chi connectivity index (χ3n) is 3.79. The average Bonchev–Trinajstić information content (AvgIpc) is 2.57. The van der Waals surface area contributed by atoms with E-state index in [1.807, 2.05) is 6.92 Å². The summed E-state index contributed by atoms with van der Waals surface area (Å²) in [7, 11) is 0. The predicted molar refractivity (Wildman–Crippen MR) is 84.7 cm³/mol. The molecule has 0 bridgehead atoms. The molecule has 0 spiro atoms. The van der Waals surface area contributed by atoms with Gasteiger partial charge in [0.1, 0.15) is 0 Å². The molecular weight excluding hydrogens is 294 g/mol. The van der Waals surface area contributed by atoms with Crippen LogP contribution in [0, 0.1) is 0 Å². The molecule has 0 atom stereocenters. The minimum Gasteiger partial charge on any atom is -0.462 e. The van der Waals surface area contributed by atoms with Crippen LogP contribution in [0.1, 0.15) is 55.5 Å². The molecule has 1 aliphatic carbocycles. The number of benzene rings is 2. The Balaban J connectivity index is 2.13. The van der Waals surface area contributed by atoms with Crippen molar-refractivity contribution in [2.45, 2.75) is 13.3 Å². The highest BCUT2D eigenvalue weighted by atomic mass is 16.5. The molecule has 0 saturated heterocycles. The largest absolute Gasteiger partial charge is 0.462 e. The van der Waals surface area contributed by atoms with Crippen molar-refractivity contribution in [3.8, 4) is 0 Å². The monoisotopic (exact) mass is 309 g/mol. The van der Waals surface area contributed by atoms with Crippen molar-refractivity contribution in [1.29, 1.82) is 0 Å². The van der Waals surface area contributed by atoms with Crippen molar-refractivity contribution in [2.75, 3.05) is 12.3 Å². The number of ketones is 2. The molecule has 5 heteroatoms. The van der Waals surface area contributed by atoms with E-state index in [4.69, 9.17) is 10.5 Å². The highest BCUT2D eigenvalue weighted by Crippen LogP contribution is 2.32. The van der Waals surface area contributed by atoms with Crippen LogP contribution in [0.4, 0.5) is 5.69 Å². The van der Waals surface area contributed by atoms with E-state index < -0.39 is 5.97 Å². The van der Waals surface area contributed by atoms with Crippen LogP contribution in [0.2, 0.25) is 0 Å². The highest BCUT2D eigenvalue weighted by molar-refractivity contribution is 6.30. The summed E-state index contributed by atoms with van der Waals surface area (Å²) in [5.74, 6) is -1.21. The van der Waals surface area contributed by atoms with E-state index in [1.54, 1.807) is 24.3 Å². The fourth-order valence-electron chi connectivity index (χ4n) is 2.66. The van der Waals surface area contributed by atoms with Gasteiger partial charge in [0.05, 0.1) is 23.4 Å². The van der Waals surface area contributed by atoms with Gasteiger partial charge in [-0.2, -0.15) is 0 Å². The molecule has 2 aromatic rings. The van der Waals surface area contributed by atoms with Gasteiger partial charge in [-0.3, -0.25) is 9.59 Å². The van der Waals surface area contributed by atoms with E-state index in [1.165, 1.54) is 12.1 Å². The zero-order valence-corrected chi connectivity index (χ0v) is 12.6. The predicted octanol–water partition coefficient (Wildman–Crippen LogP) is 2.61. The molecule has 0 saturated carbocycles. The lowest BCUT2D eigenvalue weighted by molar-refractivity contribution is 0.0506. The molecule has 2 N–H and O–H groups in total. The quantitative estimate of drug-likeness (QED) is 0.593. The number of carbonyl (C=O) groups excluding carboxylic acids is 3. The van der Waals surface area contributed by atoms with Gasteiger partial charge in [0, 0.05) is 16.7 Å². The van der Waals surface area contributed by atoms with Crippen LogP contribution in [-0.2, 0) is 4.74 Å². The van der Waals surface area contributed by atoms with E-state index in [2.05, 4.69) is 0 Å². The molecular formula is C18H15NO4. The van der Waals surface area contributed by atoms with Crippen LogP contribution < -0.4 is 5.73 Å². The zero-order valence-electron chi connectivity index (χ0n) is 12.6. The number of rotatable bonds is 3. The first-order valence-electron chi connectivity index (χ1n) is 7.34. The highest BCUT2D eigenvalue weighted by Gasteiger charge is 2.32. The van der Waals surface area contributed by atoms with Gasteiger partial charge < -0.3 is 10.5 Å². The number of nitrogen functional groups attached to an aromatic ring is 1. The Morgan fingerprint density at radius 2 is 1.65 bits per heavy atom. The van der Waals surface area contributed by atoms with Crippen molar-refractivity contribution in [1.82, 2.24) is 0 Å². The third-order valence-corrected chi connectivity index (χ3v) is 3.79. The summed E-state index contributed by atoms with van der Waals surface area (Å²) < 4.78 is 5.07. The van der Waals surface area contributed by atoms with Crippen molar-refractivity contribution < 1.29 is 19.1 Å². The van der Waals surface area contributed by atoms with Crippen LogP contribution in [0.15, 0.2) is 36.4 Å². The lowest BCUT2D eigenvalue weighted by Gasteiger charge is -2.20. The maximum Gasteiger partial charge on any atom is 0.340 e. The first-order valence-corrected chi connectivity index (χ1v) is 7.34. The van der Waals surface area contributed by atoms with Crippen LogP contribution >= 0.6 is 0 Å². The summed E-state index contributed by atoms with van der Waals surface area (Å²) in [6, 6.07) is 9.48. The number of esters is 1. The molecule has 116 valence electrons. The smallest absolute Gasteiger partial charge is 0.340 e. The van der Waals surface area contributed by atoms with Crippen LogP contribution in [-0.4, -0.2) is 24.1 Å². The maximum atomic E-state index is 12.7. The summed E-state index contributed by atoms with van der Waals surface area (Å²) in [6.07, 6.45) is 0.682. The second-order valence-electron chi connectivity index (χ2n) is 5.29. The van der Waals surface area contributed by atoms with Crippen LogP contribution in [0.3, 0.4) is 0 Å². The molecule has 23 heavy (non-hydrogen) atoms. The third kappa shape index (κ3) is 2.30. The van der Waals surface area contributed by atoms with Gasteiger partial charge in [0.25, 0.3) is 0 Å². The lowest BCUT2D eigenvalue weighted by Crippen LogP contribution is -2.24. The normalized spacial score (nSPS) is 12.6. The fraction of sp³-hybridized carbons (Fsp3) is 0.167. The van der Waals surface area contributed by atoms with Crippen LogP contribution in [0.5, 0.6) is 0 Å². The lowest BCUT2D eigenvalue weighted by atomic mass is 9.82.